The van der Waals surface area contributed by atoms with Gasteiger partial charge in [-0.1, -0.05) is 42.5 Å². The molecule has 0 aliphatic heterocycles. The van der Waals surface area contributed by atoms with Gasteiger partial charge in [0.1, 0.15) is 5.75 Å². The standard InChI is InChI=1S/C18H18BrN3O2/c1-24-17-10-6-5-9-16(17)20-13-18(23)22-21-12-15(19)11-14-7-3-2-4-8-14/h2-12,20H,13H2,1H3,(H,22,23)/b15-11-,21-12-. The lowest BCUT2D eigenvalue weighted by molar-refractivity contribution is -0.119. The Morgan fingerprint density at radius 2 is 1.88 bits per heavy atom. The minimum Gasteiger partial charge on any atom is -0.495 e. The van der Waals surface area contributed by atoms with Crippen molar-refractivity contribution in [2.45, 2.75) is 0 Å². The van der Waals surface area contributed by atoms with Crippen molar-refractivity contribution >= 4 is 39.8 Å². The van der Waals surface area contributed by atoms with Crippen LogP contribution in [0.4, 0.5) is 5.69 Å². The molecule has 0 fully saturated rings. The molecule has 0 aliphatic carbocycles. The second kappa shape index (κ2) is 9.52. The van der Waals surface area contributed by atoms with Gasteiger partial charge < -0.3 is 10.1 Å². The van der Waals surface area contributed by atoms with Crippen LogP contribution >= 0.6 is 15.9 Å². The number of anilines is 1. The summed E-state index contributed by atoms with van der Waals surface area (Å²) in [4.78, 5) is 11.8. The summed E-state index contributed by atoms with van der Waals surface area (Å²) in [5.41, 5.74) is 4.26. The van der Waals surface area contributed by atoms with Gasteiger partial charge in [0.15, 0.2) is 0 Å². The monoisotopic (exact) mass is 387 g/mol. The van der Waals surface area contributed by atoms with Crippen LogP contribution in [0.15, 0.2) is 64.2 Å². The summed E-state index contributed by atoms with van der Waals surface area (Å²) < 4.78 is 5.97. The van der Waals surface area contributed by atoms with Crippen LogP contribution in [0.2, 0.25) is 0 Å². The molecule has 0 atom stereocenters. The summed E-state index contributed by atoms with van der Waals surface area (Å²) in [5, 5.41) is 6.92. The third kappa shape index (κ3) is 5.89. The van der Waals surface area contributed by atoms with Gasteiger partial charge in [-0.15, -0.1) is 0 Å². The highest BCUT2D eigenvalue weighted by molar-refractivity contribution is 9.12. The number of methoxy groups -OCH3 is 1. The maximum Gasteiger partial charge on any atom is 0.259 e. The Morgan fingerprint density at radius 3 is 2.62 bits per heavy atom. The van der Waals surface area contributed by atoms with Crippen LogP contribution in [0, 0.1) is 0 Å². The van der Waals surface area contributed by atoms with E-state index in [-0.39, 0.29) is 12.5 Å². The molecule has 124 valence electrons. The van der Waals surface area contributed by atoms with E-state index in [1.807, 2.05) is 60.7 Å². The molecule has 5 nitrogen and oxygen atoms in total. The number of amides is 1. The summed E-state index contributed by atoms with van der Waals surface area (Å²) in [5.74, 6) is 0.430. The number of para-hydroxylation sites is 2. The van der Waals surface area contributed by atoms with E-state index in [2.05, 4.69) is 31.8 Å². The fraction of sp³-hybridized carbons (Fsp3) is 0.111. The van der Waals surface area contributed by atoms with Crippen molar-refractivity contribution in [1.29, 1.82) is 0 Å². The number of carbonyl (C=O) groups is 1. The number of allylic oxidation sites excluding steroid dienone is 1. The molecule has 1 amide bonds. The molecule has 0 spiro atoms. The van der Waals surface area contributed by atoms with Gasteiger partial charge in [-0.2, -0.15) is 5.10 Å². The van der Waals surface area contributed by atoms with E-state index in [1.165, 1.54) is 6.21 Å². The van der Waals surface area contributed by atoms with E-state index in [9.17, 15) is 4.79 Å². The Hall–Kier alpha value is -2.60. The molecule has 6 heteroatoms. The van der Waals surface area contributed by atoms with E-state index in [1.54, 1.807) is 7.11 Å². The SMILES string of the molecule is COc1ccccc1NCC(=O)N/N=C\C(Br)=C\c1ccccc1. The fourth-order valence-electron chi connectivity index (χ4n) is 1.92. The van der Waals surface area contributed by atoms with Crippen molar-refractivity contribution in [1.82, 2.24) is 5.43 Å². The zero-order valence-corrected chi connectivity index (χ0v) is 14.8. The quantitative estimate of drug-likeness (QED) is 0.562. The molecule has 2 aromatic rings. The van der Waals surface area contributed by atoms with E-state index in [0.717, 1.165) is 15.7 Å². The van der Waals surface area contributed by atoms with Gasteiger partial charge in [0, 0.05) is 4.48 Å². The van der Waals surface area contributed by atoms with Crippen molar-refractivity contribution in [2.75, 3.05) is 19.0 Å². The zero-order valence-electron chi connectivity index (χ0n) is 13.2. The first-order chi connectivity index (χ1) is 11.7. The Bertz CT molecular complexity index is 730. The maximum absolute atomic E-state index is 11.8. The summed E-state index contributed by atoms with van der Waals surface area (Å²) in [6.45, 7) is 0.0950. The van der Waals surface area contributed by atoms with Gasteiger partial charge in [-0.3, -0.25) is 4.79 Å². The highest BCUT2D eigenvalue weighted by Gasteiger charge is 2.03. The van der Waals surface area contributed by atoms with Crippen molar-refractivity contribution in [3.63, 3.8) is 0 Å². The third-order valence-electron chi connectivity index (χ3n) is 3.03. The summed E-state index contributed by atoms with van der Waals surface area (Å²) >= 11 is 3.39. The lowest BCUT2D eigenvalue weighted by atomic mass is 10.2. The molecule has 0 unspecified atom stereocenters. The van der Waals surface area contributed by atoms with Gasteiger partial charge in [-0.25, -0.2) is 5.43 Å². The number of nitrogens with zero attached hydrogens (tertiary/aromatic N) is 1. The predicted octanol–water partition coefficient (Wildman–Crippen LogP) is 3.65. The first kappa shape index (κ1) is 17.7. The molecule has 0 aromatic heterocycles. The second-order valence-electron chi connectivity index (χ2n) is 4.79. The van der Waals surface area contributed by atoms with E-state index < -0.39 is 0 Å². The van der Waals surface area contributed by atoms with Gasteiger partial charge in [0.2, 0.25) is 0 Å². The van der Waals surface area contributed by atoms with E-state index in [0.29, 0.717) is 5.75 Å². The Morgan fingerprint density at radius 1 is 1.17 bits per heavy atom. The topological polar surface area (TPSA) is 62.7 Å². The van der Waals surface area contributed by atoms with Crippen LogP contribution in [0.5, 0.6) is 5.75 Å². The lowest BCUT2D eigenvalue weighted by Crippen LogP contribution is -2.25. The average molecular weight is 388 g/mol. The number of hydrazone groups is 1. The number of halogens is 1. The molecular weight excluding hydrogens is 370 g/mol. The summed E-state index contributed by atoms with van der Waals surface area (Å²) in [7, 11) is 1.58. The maximum atomic E-state index is 11.8. The van der Waals surface area contributed by atoms with Crippen molar-refractivity contribution in [3.05, 3.63) is 64.6 Å². The molecule has 2 N–H and O–H groups in total. The minimum absolute atomic E-state index is 0.0950. The van der Waals surface area contributed by atoms with Crippen LogP contribution < -0.4 is 15.5 Å². The minimum atomic E-state index is -0.253. The highest BCUT2D eigenvalue weighted by Crippen LogP contribution is 2.22. The summed E-state index contributed by atoms with van der Waals surface area (Å²) in [6.07, 6.45) is 3.44. The summed E-state index contributed by atoms with van der Waals surface area (Å²) in [6, 6.07) is 17.2. The molecule has 2 rings (SSSR count). The van der Waals surface area contributed by atoms with Gasteiger partial charge in [0.25, 0.3) is 5.91 Å². The Balaban J connectivity index is 1.81. The smallest absolute Gasteiger partial charge is 0.259 e. The number of carbonyl (C=O) groups excluding carboxylic acids is 1. The Kier molecular flexibility index (Phi) is 7.04. The van der Waals surface area contributed by atoms with Crippen LogP contribution in [-0.2, 0) is 4.79 Å². The molecule has 0 aliphatic rings. The molecular formula is C18H18BrN3O2. The number of hydrogen-bond acceptors (Lipinski definition) is 4. The van der Waals surface area contributed by atoms with Gasteiger partial charge >= 0.3 is 0 Å². The Labute approximate surface area is 149 Å². The number of benzene rings is 2. The number of nitrogens with one attached hydrogen (secondary N) is 2. The van der Waals surface area contributed by atoms with Crippen molar-refractivity contribution < 1.29 is 9.53 Å². The molecule has 0 saturated carbocycles. The first-order valence-corrected chi connectivity index (χ1v) is 8.09. The van der Waals surface area contributed by atoms with Crippen molar-refractivity contribution in [2.24, 2.45) is 5.10 Å². The largest absolute Gasteiger partial charge is 0.495 e. The van der Waals surface area contributed by atoms with Crippen LogP contribution in [-0.4, -0.2) is 25.8 Å². The van der Waals surface area contributed by atoms with Crippen LogP contribution in [0.25, 0.3) is 6.08 Å². The molecule has 0 radical (unpaired) electrons. The third-order valence-corrected chi connectivity index (χ3v) is 3.46. The van der Waals surface area contributed by atoms with E-state index >= 15 is 0 Å². The van der Waals surface area contributed by atoms with Gasteiger partial charge in [0.05, 0.1) is 25.6 Å². The molecule has 2 aromatic carbocycles. The zero-order chi connectivity index (χ0) is 17.2. The second-order valence-corrected chi connectivity index (χ2v) is 5.70. The van der Waals surface area contributed by atoms with Gasteiger partial charge in [-0.05, 0) is 39.7 Å². The van der Waals surface area contributed by atoms with Crippen LogP contribution in [0.1, 0.15) is 5.56 Å². The number of rotatable bonds is 7. The van der Waals surface area contributed by atoms with E-state index in [4.69, 9.17) is 4.74 Å². The number of hydrogen-bond donors (Lipinski definition) is 2. The normalized spacial score (nSPS) is 11.3. The van der Waals surface area contributed by atoms with Crippen molar-refractivity contribution in [3.8, 4) is 5.75 Å². The number of ether oxygens (including phenoxy) is 1. The molecule has 0 bridgehead atoms. The first-order valence-electron chi connectivity index (χ1n) is 7.30. The predicted molar refractivity (Wildman–Crippen MR) is 101 cm³/mol. The molecule has 0 saturated heterocycles. The molecule has 24 heavy (non-hydrogen) atoms. The van der Waals surface area contributed by atoms with Crippen LogP contribution in [0.3, 0.4) is 0 Å². The molecule has 0 heterocycles. The lowest BCUT2D eigenvalue weighted by Gasteiger charge is -2.09. The fourth-order valence-corrected chi connectivity index (χ4v) is 2.28. The highest BCUT2D eigenvalue weighted by atomic mass is 79.9. The average Bonchev–Trinajstić information content (AvgIpc) is 2.61.